The van der Waals surface area contributed by atoms with Gasteiger partial charge in [-0.05, 0) is 19.8 Å². The van der Waals surface area contributed by atoms with Crippen LogP contribution in [0.1, 0.15) is 24.4 Å². The molecule has 0 aromatic carbocycles. The van der Waals surface area contributed by atoms with Crippen LogP contribution in [-0.2, 0) is 21.3 Å². The number of methoxy groups -OCH3 is 1. The largest absolute Gasteiger partial charge is 0.464 e. The highest BCUT2D eigenvalue weighted by molar-refractivity contribution is 7.89. The molecule has 7 heteroatoms. The highest BCUT2D eigenvalue weighted by atomic mass is 32.2. The summed E-state index contributed by atoms with van der Waals surface area (Å²) in [5, 5.41) is 0. The Kier molecular flexibility index (Phi) is 3.76. The first-order valence-corrected chi connectivity index (χ1v) is 7.29. The van der Waals surface area contributed by atoms with Crippen molar-refractivity contribution in [3.8, 4) is 0 Å². The zero-order valence-electron chi connectivity index (χ0n) is 10.5. The molecule has 1 aliphatic rings. The van der Waals surface area contributed by atoms with E-state index >= 15 is 0 Å². The van der Waals surface area contributed by atoms with Gasteiger partial charge in [0.05, 0.1) is 12.6 Å². The van der Waals surface area contributed by atoms with Crippen molar-refractivity contribution in [3.63, 3.8) is 0 Å². The fourth-order valence-corrected chi connectivity index (χ4v) is 3.49. The van der Waals surface area contributed by atoms with E-state index in [1.54, 1.807) is 14.0 Å². The van der Waals surface area contributed by atoms with Crippen molar-refractivity contribution in [1.82, 2.24) is 4.72 Å². The summed E-state index contributed by atoms with van der Waals surface area (Å²) in [5.41, 5.74) is 5.42. The Hall–Kier alpha value is -0.890. The lowest BCUT2D eigenvalue weighted by molar-refractivity contribution is 0.0236. The Labute approximate surface area is 107 Å². The van der Waals surface area contributed by atoms with Crippen molar-refractivity contribution < 1.29 is 17.6 Å². The van der Waals surface area contributed by atoms with Crippen LogP contribution in [0.2, 0.25) is 0 Å². The Bertz CT molecular complexity index is 517. The number of nitrogens with one attached hydrogen (secondary N) is 1. The van der Waals surface area contributed by atoms with Crippen molar-refractivity contribution in [1.29, 1.82) is 0 Å². The molecule has 0 atom stereocenters. The molecule has 0 amide bonds. The van der Waals surface area contributed by atoms with Crippen LogP contribution >= 0.6 is 0 Å². The number of rotatable bonds is 5. The maximum absolute atomic E-state index is 12.1. The van der Waals surface area contributed by atoms with Gasteiger partial charge in [0.1, 0.15) is 16.4 Å². The van der Waals surface area contributed by atoms with E-state index in [0.717, 1.165) is 0 Å². The first-order valence-electron chi connectivity index (χ1n) is 5.80. The predicted molar refractivity (Wildman–Crippen MR) is 65.5 cm³/mol. The summed E-state index contributed by atoms with van der Waals surface area (Å²) in [5.74, 6) is 0.835. The molecule has 0 saturated heterocycles. The lowest BCUT2D eigenvalue weighted by Crippen LogP contribution is -2.47. The summed E-state index contributed by atoms with van der Waals surface area (Å²) in [6.45, 7) is 1.80. The van der Waals surface area contributed by atoms with Crippen LogP contribution in [0.4, 0.5) is 0 Å². The molecule has 1 aliphatic carbocycles. The average Bonchev–Trinajstić information content (AvgIpc) is 2.65. The van der Waals surface area contributed by atoms with Gasteiger partial charge in [-0.15, -0.1) is 0 Å². The maximum atomic E-state index is 12.1. The number of aryl methyl sites for hydroxylation is 1. The van der Waals surface area contributed by atoms with Crippen LogP contribution < -0.4 is 10.5 Å². The third-order valence-electron chi connectivity index (χ3n) is 3.16. The van der Waals surface area contributed by atoms with Gasteiger partial charge in [-0.25, -0.2) is 13.1 Å². The van der Waals surface area contributed by atoms with Crippen molar-refractivity contribution in [2.75, 3.05) is 7.11 Å². The van der Waals surface area contributed by atoms with Gasteiger partial charge in [0.15, 0.2) is 0 Å². The van der Waals surface area contributed by atoms with Crippen LogP contribution in [-0.4, -0.2) is 27.7 Å². The van der Waals surface area contributed by atoms with Crippen LogP contribution in [0.15, 0.2) is 15.4 Å². The Morgan fingerprint density at radius 2 is 2.22 bits per heavy atom. The molecule has 3 N–H and O–H groups in total. The van der Waals surface area contributed by atoms with Gasteiger partial charge < -0.3 is 14.9 Å². The number of hydrogen-bond donors (Lipinski definition) is 2. The van der Waals surface area contributed by atoms with Crippen LogP contribution in [0.25, 0.3) is 0 Å². The highest BCUT2D eigenvalue weighted by Gasteiger charge is 2.33. The number of sulfonamides is 1. The smallest absolute Gasteiger partial charge is 0.244 e. The van der Waals surface area contributed by atoms with E-state index in [1.165, 1.54) is 6.07 Å². The number of furan rings is 1. The first-order chi connectivity index (χ1) is 8.46. The molecule has 1 heterocycles. The van der Waals surface area contributed by atoms with Crippen molar-refractivity contribution in [2.24, 2.45) is 5.73 Å². The highest BCUT2D eigenvalue weighted by Crippen LogP contribution is 2.26. The molecule has 1 aromatic heterocycles. The van der Waals surface area contributed by atoms with Gasteiger partial charge >= 0.3 is 0 Å². The minimum Gasteiger partial charge on any atom is -0.464 e. The summed E-state index contributed by atoms with van der Waals surface area (Å²) in [7, 11) is -1.90. The van der Waals surface area contributed by atoms with E-state index in [2.05, 4.69) is 4.72 Å². The zero-order chi connectivity index (χ0) is 13.3. The third kappa shape index (κ3) is 2.59. The topological polar surface area (TPSA) is 94.6 Å². The molecule has 1 saturated carbocycles. The third-order valence-corrected chi connectivity index (χ3v) is 4.79. The van der Waals surface area contributed by atoms with Crippen molar-refractivity contribution in [3.05, 3.63) is 17.6 Å². The first kappa shape index (κ1) is 13.5. The second-order valence-electron chi connectivity index (χ2n) is 4.48. The van der Waals surface area contributed by atoms with Crippen LogP contribution in [0.5, 0.6) is 0 Å². The molecule has 1 aromatic rings. The molecule has 0 radical (unpaired) electrons. The Morgan fingerprint density at radius 1 is 1.56 bits per heavy atom. The summed E-state index contributed by atoms with van der Waals surface area (Å²) >= 11 is 0. The van der Waals surface area contributed by atoms with E-state index < -0.39 is 10.0 Å². The Balaban J connectivity index is 2.09. The van der Waals surface area contributed by atoms with Gasteiger partial charge in [0.2, 0.25) is 10.0 Å². The normalized spacial score (nSPS) is 23.9. The molecule has 6 nitrogen and oxygen atoms in total. The second kappa shape index (κ2) is 5.00. The number of hydrogen-bond acceptors (Lipinski definition) is 5. The minimum absolute atomic E-state index is 0.0597. The van der Waals surface area contributed by atoms with E-state index in [-0.39, 0.29) is 23.6 Å². The summed E-state index contributed by atoms with van der Waals surface area (Å²) < 4.78 is 37.3. The van der Waals surface area contributed by atoms with Crippen molar-refractivity contribution in [2.45, 2.75) is 43.4 Å². The molecule has 0 bridgehead atoms. The van der Waals surface area contributed by atoms with Gasteiger partial charge in [-0.3, -0.25) is 0 Å². The van der Waals surface area contributed by atoms with Gasteiger partial charge in [0, 0.05) is 19.2 Å². The average molecular weight is 274 g/mol. The van der Waals surface area contributed by atoms with E-state index in [9.17, 15) is 8.42 Å². The molecule has 2 rings (SSSR count). The zero-order valence-corrected chi connectivity index (χ0v) is 11.3. The molecule has 18 heavy (non-hydrogen) atoms. The van der Waals surface area contributed by atoms with Gasteiger partial charge in [0.25, 0.3) is 0 Å². The van der Waals surface area contributed by atoms with E-state index in [1.807, 2.05) is 0 Å². The fourth-order valence-electron chi connectivity index (χ4n) is 2.03. The number of nitrogens with two attached hydrogens (primary N) is 1. The van der Waals surface area contributed by atoms with Crippen molar-refractivity contribution >= 4 is 10.0 Å². The quantitative estimate of drug-likeness (QED) is 0.815. The van der Waals surface area contributed by atoms with Crippen LogP contribution in [0, 0.1) is 6.92 Å². The summed E-state index contributed by atoms with van der Waals surface area (Å²) in [6.07, 6.45) is 1.56. The van der Waals surface area contributed by atoms with Gasteiger partial charge in [-0.1, -0.05) is 0 Å². The fraction of sp³-hybridized carbons (Fsp3) is 0.636. The predicted octanol–water partition coefficient (Wildman–Crippen LogP) is 0.502. The lowest BCUT2D eigenvalue weighted by Gasteiger charge is -2.34. The van der Waals surface area contributed by atoms with E-state index in [4.69, 9.17) is 14.9 Å². The van der Waals surface area contributed by atoms with Gasteiger partial charge in [-0.2, -0.15) is 0 Å². The SMILES string of the molecule is COC1CC(NS(=O)(=O)c2cc(CN)oc2C)C1. The summed E-state index contributed by atoms with van der Waals surface area (Å²) in [6, 6.07) is 1.42. The molecular weight excluding hydrogens is 256 g/mol. The molecule has 102 valence electrons. The summed E-state index contributed by atoms with van der Waals surface area (Å²) in [4.78, 5) is 0.170. The van der Waals surface area contributed by atoms with E-state index in [0.29, 0.717) is 24.4 Å². The second-order valence-corrected chi connectivity index (χ2v) is 6.17. The molecule has 0 aliphatic heterocycles. The molecule has 1 fully saturated rings. The molecular formula is C11H18N2O4S. The molecule has 0 unspecified atom stereocenters. The monoisotopic (exact) mass is 274 g/mol. The number of ether oxygens (including phenoxy) is 1. The molecule has 0 spiro atoms. The maximum Gasteiger partial charge on any atom is 0.244 e. The lowest BCUT2D eigenvalue weighted by atomic mass is 9.90. The Morgan fingerprint density at radius 3 is 2.72 bits per heavy atom. The minimum atomic E-state index is -3.53. The van der Waals surface area contributed by atoms with Crippen LogP contribution in [0.3, 0.4) is 0 Å². The standard InChI is InChI=1S/C11H18N2O4S/c1-7-11(5-10(6-12)17-7)18(14,15)13-8-3-9(4-8)16-2/h5,8-9,13H,3-4,6,12H2,1-2H3.